The van der Waals surface area contributed by atoms with Crippen molar-refractivity contribution >= 4 is 34.3 Å². The molecule has 0 unspecified atom stereocenters. The van der Waals surface area contributed by atoms with Gasteiger partial charge in [0.1, 0.15) is 5.69 Å². The first-order valence-electron chi connectivity index (χ1n) is 4.95. The Labute approximate surface area is 106 Å². The van der Waals surface area contributed by atoms with E-state index in [-0.39, 0.29) is 22.8 Å². The minimum absolute atomic E-state index is 0.0297. The number of thiophene rings is 1. The van der Waals surface area contributed by atoms with Crippen LogP contribution in [0.15, 0.2) is 35.0 Å². The Kier molecular flexibility index (Phi) is 3.24. The number of rotatable bonds is 3. The van der Waals surface area contributed by atoms with Crippen LogP contribution < -0.4 is 11.1 Å². The summed E-state index contributed by atoms with van der Waals surface area (Å²) >= 11 is 1.46. The van der Waals surface area contributed by atoms with Crippen LogP contribution >= 0.6 is 11.3 Å². The second-order valence-electron chi connectivity index (χ2n) is 3.50. The van der Waals surface area contributed by atoms with E-state index in [4.69, 9.17) is 5.73 Å². The van der Waals surface area contributed by atoms with E-state index in [0.717, 1.165) is 0 Å². The van der Waals surface area contributed by atoms with Gasteiger partial charge in [-0.2, -0.15) is 11.3 Å². The minimum Gasteiger partial charge on any atom is -0.393 e. The number of carbonyl (C=O) groups is 1. The van der Waals surface area contributed by atoms with Crippen LogP contribution in [0.3, 0.4) is 0 Å². The lowest BCUT2D eigenvalue weighted by molar-refractivity contribution is -0.383. The molecule has 1 amide bonds. The number of nitrogens with one attached hydrogen (secondary N) is 1. The summed E-state index contributed by atoms with van der Waals surface area (Å²) in [5, 5.41) is 16.9. The number of anilines is 2. The van der Waals surface area contributed by atoms with Gasteiger partial charge in [-0.15, -0.1) is 0 Å². The van der Waals surface area contributed by atoms with E-state index in [1.807, 2.05) is 5.38 Å². The summed E-state index contributed by atoms with van der Waals surface area (Å²) < 4.78 is 0. The zero-order valence-corrected chi connectivity index (χ0v) is 9.94. The summed E-state index contributed by atoms with van der Waals surface area (Å²) in [6.45, 7) is 0. The molecule has 1 aromatic carbocycles. The lowest BCUT2D eigenvalue weighted by Crippen LogP contribution is -2.12. The van der Waals surface area contributed by atoms with E-state index in [0.29, 0.717) is 5.69 Å². The first-order valence-corrected chi connectivity index (χ1v) is 5.89. The molecule has 0 spiro atoms. The van der Waals surface area contributed by atoms with E-state index in [1.165, 1.54) is 29.5 Å². The third-order valence-electron chi connectivity index (χ3n) is 2.27. The molecule has 0 atom stereocenters. The van der Waals surface area contributed by atoms with Crippen molar-refractivity contribution in [3.63, 3.8) is 0 Å². The number of benzene rings is 1. The van der Waals surface area contributed by atoms with Crippen LogP contribution in [0.1, 0.15) is 10.4 Å². The molecule has 6 nitrogen and oxygen atoms in total. The number of carbonyl (C=O) groups excluding carboxylic acids is 1. The summed E-state index contributed by atoms with van der Waals surface area (Å²) in [5.41, 5.74) is 6.24. The standard InChI is InChI=1S/C11H9N3O3S/c12-9-5-7(1-2-10(9)14(16)17)11(15)13-8-3-4-18-6-8/h1-6H,12H2,(H,13,15). The molecule has 0 aliphatic rings. The van der Waals surface area contributed by atoms with Gasteiger partial charge in [-0.25, -0.2) is 0 Å². The maximum absolute atomic E-state index is 11.8. The number of nitrogens with zero attached hydrogens (tertiary/aromatic N) is 1. The highest BCUT2D eigenvalue weighted by molar-refractivity contribution is 7.08. The Hall–Kier alpha value is -2.41. The van der Waals surface area contributed by atoms with E-state index in [1.54, 1.807) is 11.4 Å². The number of nitrogens with two attached hydrogens (primary N) is 1. The normalized spacial score (nSPS) is 10.0. The molecule has 7 heteroatoms. The van der Waals surface area contributed by atoms with Crippen molar-refractivity contribution in [2.24, 2.45) is 0 Å². The molecule has 18 heavy (non-hydrogen) atoms. The predicted octanol–water partition coefficient (Wildman–Crippen LogP) is 2.49. The van der Waals surface area contributed by atoms with Crippen LogP contribution in [0.4, 0.5) is 17.1 Å². The lowest BCUT2D eigenvalue weighted by Gasteiger charge is -2.04. The van der Waals surface area contributed by atoms with Gasteiger partial charge in [0.25, 0.3) is 11.6 Å². The molecule has 0 aliphatic heterocycles. The molecular weight excluding hydrogens is 254 g/mol. The van der Waals surface area contributed by atoms with Crippen LogP contribution in [0.25, 0.3) is 0 Å². The number of nitro groups is 1. The third-order valence-corrected chi connectivity index (χ3v) is 2.95. The zero-order valence-electron chi connectivity index (χ0n) is 9.12. The second-order valence-corrected chi connectivity index (χ2v) is 4.28. The highest BCUT2D eigenvalue weighted by atomic mass is 32.1. The molecule has 0 aliphatic carbocycles. The first kappa shape index (κ1) is 12.1. The van der Waals surface area contributed by atoms with Gasteiger partial charge in [0.15, 0.2) is 0 Å². The third kappa shape index (κ3) is 2.46. The maximum Gasteiger partial charge on any atom is 0.292 e. The number of hydrogen-bond donors (Lipinski definition) is 2. The van der Waals surface area contributed by atoms with Crippen molar-refractivity contribution in [2.75, 3.05) is 11.1 Å². The van der Waals surface area contributed by atoms with Crippen molar-refractivity contribution in [1.82, 2.24) is 0 Å². The summed E-state index contributed by atoms with van der Waals surface area (Å²) in [6, 6.07) is 5.64. The SMILES string of the molecule is Nc1cc(C(=O)Nc2ccsc2)ccc1[N+](=O)[O-]. The van der Waals surface area contributed by atoms with E-state index in [2.05, 4.69) is 5.32 Å². The molecule has 1 aromatic heterocycles. The number of hydrogen-bond acceptors (Lipinski definition) is 5. The highest BCUT2D eigenvalue weighted by Crippen LogP contribution is 2.22. The Balaban J connectivity index is 2.21. The maximum atomic E-state index is 11.8. The fourth-order valence-corrected chi connectivity index (χ4v) is 1.99. The van der Waals surface area contributed by atoms with Gasteiger partial charge in [-0.05, 0) is 23.6 Å². The van der Waals surface area contributed by atoms with Crippen molar-refractivity contribution in [2.45, 2.75) is 0 Å². The lowest BCUT2D eigenvalue weighted by atomic mass is 10.1. The van der Waals surface area contributed by atoms with Crippen LogP contribution in [-0.4, -0.2) is 10.8 Å². The van der Waals surface area contributed by atoms with Gasteiger partial charge in [-0.3, -0.25) is 14.9 Å². The fourth-order valence-electron chi connectivity index (χ4n) is 1.40. The van der Waals surface area contributed by atoms with Crippen molar-refractivity contribution in [3.8, 4) is 0 Å². The summed E-state index contributed by atoms with van der Waals surface area (Å²) in [6.07, 6.45) is 0. The molecule has 1 heterocycles. The number of amides is 1. The van der Waals surface area contributed by atoms with Gasteiger partial charge < -0.3 is 11.1 Å². The van der Waals surface area contributed by atoms with Crippen LogP contribution in [-0.2, 0) is 0 Å². The zero-order chi connectivity index (χ0) is 13.1. The highest BCUT2D eigenvalue weighted by Gasteiger charge is 2.14. The Bertz CT molecular complexity index is 596. The van der Waals surface area contributed by atoms with Crippen molar-refractivity contribution < 1.29 is 9.72 Å². The molecule has 0 fully saturated rings. The first-order chi connectivity index (χ1) is 8.58. The van der Waals surface area contributed by atoms with Gasteiger partial charge in [0.2, 0.25) is 0 Å². The van der Waals surface area contributed by atoms with E-state index >= 15 is 0 Å². The Morgan fingerprint density at radius 2 is 2.17 bits per heavy atom. The van der Waals surface area contributed by atoms with Gasteiger partial charge in [0, 0.05) is 17.0 Å². The molecule has 0 saturated heterocycles. The minimum atomic E-state index is -0.587. The van der Waals surface area contributed by atoms with Crippen molar-refractivity contribution in [1.29, 1.82) is 0 Å². The smallest absolute Gasteiger partial charge is 0.292 e. The molecular formula is C11H9N3O3S. The largest absolute Gasteiger partial charge is 0.393 e. The van der Waals surface area contributed by atoms with Gasteiger partial charge in [0.05, 0.1) is 10.6 Å². The van der Waals surface area contributed by atoms with E-state index in [9.17, 15) is 14.9 Å². The van der Waals surface area contributed by atoms with Crippen LogP contribution in [0.2, 0.25) is 0 Å². The van der Waals surface area contributed by atoms with Crippen LogP contribution in [0.5, 0.6) is 0 Å². The molecule has 0 saturated carbocycles. The molecule has 2 aromatic rings. The number of nitrogen functional groups attached to an aromatic ring is 1. The molecule has 92 valence electrons. The van der Waals surface area contributed by atoms with Crippen LogP contribution in [0, 0.1) is 10.1 Å². The fraction of sp³-hybridized carbons (Fsp3) is 0. The monoisotopic (exact) mass is 263 g/mol. The van der Waals surface area contributed by atoms with E-state index < -0.39 is 4.92 Å². The van der Waals surface area contributed by atoms with Gasteiger partial charge in [-0.1, -0.05) is 0 Å². The molecule has 3 N–H and O–H groups in total. The summed E-state index contributed by atoms with van der Waals surface area (Å²) in [4.78, 5) is 21.8. The topological polar surface area (TPSA) is 98.3 Å². The predicted molar refractivity (Wildman–Crippen MR) is 69.8 cm³/mol. The van der Waals surface area contributed by atoms with Gasteiger partial charge >= 0.3 is 0 Å². The quantitative estimate of drug-likeness (QED) is 0.505. The Morgan fingerprint density at radius 3 is 2.72 bits per heavy atom. The summed E-state index contributed by atoms with van der Waals surface area (Å²) in [7, 11) is 0. The average molecular weight is 263 g/mol. The number of nitro benzene ring substituents is 1. The Morgan fingerprint density at radius 1 is 1.39 bits per heavy atom. The molecule has 0 radical (unpaired) electrons. The second kappa shape index (κ2) is 4.84. The van der Waals surface area contributed by atoms with Crippen molar-refractivity contribution in [3.05, 3.63) is 50.7 Å². The molecule has 0 bridgehead atoms. The average Bonchev–Trinajstić information content (AvgIpc) is 2.81. The molecule has 2 rings (SSSR count). The summed E-state index contributed by atoms with van der Waals surface area (Å²) in [5.74, 6) is -0.352.